The van der Waals surface area contributed by atoms with Gasteiger partial charge in [0.15, 0.2) is 0 Å². The van der Waals surface area contributed by atoms with Crippen LogP contribution >= 0.6 is 0 Å². The minimum atomic E-state index is -0.716. The summed E-state index contributed by atoms with van der Waals surface area (Å²) in [5.41, 5.74) is 0.866. The quantitative estimate of drug-likeness (QED) is 0.771. The number of carbonyl (C=O) groups is 1. The Morgan fingerprint density at radius 2 is 1.61 bits per heavy atom. The van der Waals surface area contributed by atoms with Gasteiger partial charge >= 0.3 is 0 Å². The molecule has 6 nitrogen and oxygen atoms in total. The van der Waals surface area contributed by atoms with Crippen molar-refractivity contribution in [3.63, 3.8) is 0 Å². The molecule has 2 N–H and O–H groups in total. The Labute approximate surface area is 129 Å². The van der Waals surface area contributed by atoms with Gasteiger partial charge in [-0.15, -0.1) is 10.2 Å². The average molecular weight is 315 g/mol. The van der Waals surface area contributed by atoms with Crippen LogP contribution in [-0.2, 0) is 0 Å². The topological polar surface area (TPSA) is 83.6 Å². The molecule has 1 amide bonds. The number of halogens is 2. The number of tetrazole rings is 1. The molecule has 0 saturated heterocycles. The number of nitrogens with zero attached hydrogens (tertiary/aromatic N) is 3. The monoisotopic (exact) mass is 315 g/mol. The van der Waals surface area contributed by atoms with Crippen molar-refractivity contribution in [2.45, 2.75) is 6.04 Å². The number of rotatable bonds is 4. The molecule has 2 aromatic carbocycles. The van der Waals surface area contributed by atoms with E-state index in [0.29, 0.717) is 5.56 Å². The minimum absolute atomic E-state index is 0.229. The predicted molar refractivity (Wildman–Crippen MR) is 76.3 cm³/mol. The molecule has 1 aromatic heterocycles. The highest BCUT2D eigenvalue weighted by molar-refractivity contribution is 5.94. The van der Waals surface area contributed by atoms with Crippen LogP contribution in [0.25, 0.3) is 0 Å². The zero-order valence-corrected chi connectivity index (χ0v) is 11.7. The van der Waals surface area contributed by atoms with Crippen LogP contribution in [0.3, 0.4) is 0 Å². The van der Waals surface area contributed by atoms with Gasteiger partial charge in [0.25, 0.3) is 5.91 Å². The fourth-order valence-electron chi connectivity index (χ4n) is 2.06. The number of carbonyl (C=O) groups excluding carboxylic acids is 1. The third-order valence-electron chi connectivity index (χ3n) is 3.21. The molecule has 3 aromatic rings. The number of H-pyrrole nitrogens is 1. The van der Waals surface area contributed by atoms with Gasteiger partial charge in [-0.2, -0.15) is 5.21 Å². The van der Waals surface area contributed by atoms with Crippen molar-refractivity contribution in [1.82, 2.24) is 25.9 Å². The number of hydrogen-bond donors (Lipinski definition) is 2. The first-order chi connectivity index (χ1) is 11.1. The first-order valence-electron chi connectivity index (χ1n) is 6.69. The van der Waals surface area contributed by atoms with E-state index in [1.54, 1.807) is 0 Å². The highest BCUT2D eigenvalue weighted by Gasteiger charge is 2.21. The van der Waals surface area contributed by atoms with Gasteiger partial charge < -0.3 is 5.32 Å². The van der Waals surface area contributed by atoms with Gasteiger partial charge in [0.2, 0.25) is 5.82 Å². The highest BCUT2D eigenvalue weighted by Crippen LogP contribution is 2.19. The molecule has 0 saturated carbocycles. The van der Waals surface area contributed by atoms with Crippen LogP contribution in [0.2, 0.25) is 0 Å². The summed E-state index contributed by atoms with van der Waals surface area (Å²) in [6.07, 6.45) is 0. The van der Waals surface area contributed by atoms with Gasteiger partial charge in [-0.25, -0.2) is 8.78 Å². The van der Waals surface area contributed by atoms with Crippen LogP contribution in [0, 0.1) is 11.6 Å². The van der Waals surface area contributed by atoms with Crippen LogP contribution in [0.5, 0.6) is 0 Å². The van der Waals surface area contributed by atoms with Crippen molar-refractivity contribution in [2.24, 2.45) is 0 Å². The summed E-state index contributed by atoms with van der Waals surface area (Å²) in [5.74, 6) is -1.04. The molecular weight excluding hydrogens is 304 g/mol. The average Bonchev–Trinajstić information content (AvgIpc) is 3.08. The third-order valence-corrected chi connectivity index (χ3v) is 3.21. The van der Waals surface area contributed by atoms with E-state index in [1.165, 1.54) is 48.5 Å². The Morgan fingerprint density at radius 3 is 2.17 bits per heavy atom. The highest BCUT2D eigenvalue weighted by atomic mass is 19.1. The lowest BCUT2D eigenvalue weighted by atomic mass is 10.1. The van der Waals surface area contributed by atoms with Crippen molar-refractivity contribution < 1.29 is 13.6 Å². The summed E-state index contributed by atoms with van der Waals surface area (Å²) in [7, 11) is 0. The Balaban J connectivity index is 1.88. The van der Waals surface area contributed by atoms with Gasteiger partial charge in [-0.3, -0.25) is 4.79 Å². The third kappa shape index (κ3) is 3.37. The largest absolute Gasteiger partial charge is 0.338 e. The zero-order valence-electron chi connectivity index (χ0n) is 11.7. The summed E-state index contributed by atoms with van der Waals surface area (Å²) in [4.78, 5) is 12.3. The van der Waals surface area contributed by atoms with Crippen molar-refractivity contribution in [2.75, 3.05) is 0 Å². The summed E-state index contributed by atoms with van der Waals surface area (Å²) < 4.78 is 26.0. The second-order valence-electron chi connectivity index (χ2n) is 4.73. The van der Waals surface area contributed by atoms with Gasteiger partial charge in [0, 0.05) is 5.56 Å². The second-order valence-corrected chi connectivity index (χ2v) is 4.73. The number of nitrogens with one attached hydrogen (secondary N) is 2. The lowest BCUT2D eigenvalue weighted by molar-refractivity contribution is 0.0941. The lowest BCUT2D eigenvalue weighted by Gasteiger charge is -2.16. The molecule has 23 heavy (non-hydrogen) atoms. The molecule has 0 spiro atoms. The molecule has 1 unspecified atom stereocenters. The first-order valence-corrected chi connectivity index (χ1v) is 6.69. The van der Waals surface area contributed by atoms with E-state index < -0.39 is 23.6 Å². The van der Waals surface area contributed by atoms with E-state index in [0.717, 1.165) is 0 Å². The maximum Gasteiger partial charge on any atom is 0.252 e. The fourth-order valence-corrected chi connectivity index (χ4v) is 2.06. The first kappa shape index (κ1) is 14.8. The van der Waals surface area contributed by atoms with E-state index in [4.69, 9.17) is 0 Å². The zero-order chi connectivity index (χ0) is 16.2. The Kier molecular flexibility index (Phi) is 4.05. The molecule has 0 radical (unpaired) electrons. The van der Waals surface area contributed by atoms with E-state index >= 15 is 0 Å². The van der Waals surface area contributed by atoms with E-state index in [-0.39, 0.29) is 11.4 Å². The van der Waals surface area contributed by atoms with E-state index in [2.05, 4.69) is 25.9 Å². The SMILES string of the molecule is O=C(NC(c1ccc(F)cc1)c1nn[nH]n1)c1ccc(F)cc1. The standard InChI is InChI=1S/C15H11F2N5O/c16-11-5-1-9(2-6-11)13(14-19-21-22-20-14)18-15(23)10-3-7-12(17)8-4-10/h1-8,13H,(H,18,23)(H,19,20,21,22). The molecule has 8 heteroatoms. The fraction of sp³-hybridized carbons (Fsp3) is 0.0667. The van der Waals surface area contributed by atoms with Gasteiger partial charge in [-0.05, 0) is 42.0 Å². The predicted octanol–water partition coefficient (Wildman–Crippen LogP) is 2.00. The number of aromatic amines is 1. The Bertz CT molecular complexity index is 788. The van der Waals surface area contributed by atoms with Gasteiger partial charge in [0.1, 0.15) is 17.7 Å². The lowest BCUT2D eigenvalue weighted by Crippen LogP contribution is -2.30. The van der Waals surface area contributed by atoms with Crippen LogP contribution in [0.1, 0.15) is 27.8 Å². The van der Waals surface area contributed by atoms with Crippen LogP contribution in [0.15, 0.2) is 48.5 Å². The van der Waals surface area contributed by atoms with E-state index in [9.17, 15) is 13.6 Å². The number of hydrogen-bond acceptors (Lipinski definition) is 4. The molecule has 0 aliphatic rings. The molecule has 3 rings (SSSR count). The number of benzene rings is 2. The van der Waals surface area contributed by atoms with Crippen LogP contribution in [-0.4, -0.2) is 26.5 Å². The molecule has 0 fully saturated rings. The van der Waals surface area contributed by atoms with Crippen molar-refractivity contribution in [3.8, 4) is 0 Å². The summed E-state index contributed by atoms with van der Waals surface area (Å²) in [6.45, 7) is 0. The maximum absolute atomic E-state index is 13.1. The molecule has 0 aliphatic heterocycles. The second kappa shape index (κ2) is 6.30. The van der Waals surface area contributed by atoms with Crippen molar-refractivity contribution in [3.05, 3.63) is 77.1 Å². The maximum atomic E-state index is 13.1. The van der Waals surface area contributed by atoms with Crippen molar-refractivity contribution >= 4 is 5.91 Å². The smallest absolute Gasteiger partial charge is 0.252 e. The molecule has 0 bridgehead atoms. The molecule has 1 heterocycles. The molecule has 116 valence electrons. The van der Waals surface area contributed by atoms with Gasteiger partial charge in [0.05, 0.1) is 0 Å². The molecular formula is C15H11F2N5O. The number of aromatic nitrogens is 4. The van der Waals surface area contributed by atoms with Crippen LogP contribution < -0.4 is 5.32 Å². The van der Waals surface area contributed by atoms with Crippen LogP contribution in [0.4, 0.5) is 8.78 Å². The Morgan fingerprint density at radius 1 is 1.00 bits per heavy atom. The minimum Gasteiger partial charge on any atom is -0.338 e. The Hall–Kier alpha value is -3.16. The van der Waals surface area contributed by atoms with Gasteiger partial charge in [-0.1, -0.05) is 17.3 Å². The summed E-state index contributed by atoms with van der Waals surface area (Å²) in [6, 6.07) is 9.96. The number of amides is 1. The molecule has 0 aliphatic carbocycles. The summed E-state index contributed by atoms with van der Waals surface area (Å²) in [5, 5.41) is 16.2. The van der Waals surface area contributed by atoms with E-state index in [1.807, 2.05) is 0 Å². The van der Waals surface area contributed by atoms with Crippen molar-refractivity contribution in [1.29, 1.82) is 0 Å². The summed E-state index contributed by atoms with van der Waals surface area (Å²) >= 11 is 0. The molecule has 1 atom stereocenters. The normalized spacial score (nSPS) is 11.9.